The fourth-order valence-corrected chi connectivity index (χ4v) is 1.79. The summed E-state index contributed by atoms with van der Waals surface area (Å²) in [5, 5.41) is 13.9. The Labute approximate surface area is 95.3 Å². The van der Waals surface area contributed by atoms with Gasteiger partial charge in [0.05, 0.1) is 11.4 Å². The molecule has 0 unspecified atom stereocenters. The Bertz CT molecular complexity index is 500. The average Bonchev–Trinajstić information content (AvgIpc) is 2.60. The van der Waals surface area contributed by atoms with Crippen LogP contribution in [0.2, 0.25) is 0 Å². The van der Waals surface area contributed by atoms with Crippen LogP contribution in [-0.4, -0.2) is 14.9 Å². The lowest BCUT2D eigenvalue weighted by atomic mass is 10.1. The second-order valence-corrected chi connectivity index (χ2v) is 4.26. The van der Waals surface area contributed by atoms with E-state index in [1.54, 1.807) is 12.1 Å². The first-order chi connectivity index (χ1) is 7.58. The molecule has 3 nitrogen and oxygen atoms in total. The van der Waals surface area contributed by atoms with Crippen molar-refractivity contribution in [3.8, 4) is 17.0 Å². The normalized spacial score (nSPS) is 11.0. The number of aromatic hydroxyl groups is 1. The monoisotopic (exact) mass is 216 g/mol. The summed E-state index contributed by atoms with van der Waals surface area (Å²) in [7, 11) is 0. The minimum atomic E-state index is 0.284. The molecule has 16 heavy (non-hydrogen) atoms. The lowest BCUT2D eigenvalue weighted by Crippen LogP contribution is -2.04. The average molecular weight is 216 g/mol. The van der Waals surface area contributed by atoms with Crippen molar-refractivity contribution in [1.29, 1.82) is 0 Å². The van der Waals surface area contributed by atoms with Crippen LogP contribution in [0.25, 0.3) is 11.3 Å². The molecule has 0 saturated heterocycles. The first-order valence-electron chi connectivity index (χ1n) is 5.43. The van der Waals surface area contributed by atoms with Gasteiger partial charge in [-0.2, -0.15) is 5.10 Å². The van der Waals surface area contributed by atoms with Crippen LogP contribution in [-0.2, 0) is 0 Å². The molecule has 2 aromatic rings. The maximum absolute atomic E-state index is 9.48. The van der Waals surface area contributed by atoms with Crippen LogP contribution in [0, 0.1) is 6.92 Å². The largest absolute Gasteiger partial charge is 0.508 e. The predicted octanol–water partition coefficient (Wildman–Crippen LogP) is 3.15. The van der Waals surface area contributed by atoms with E-state index in [-0.39, 0.29) is 5.75 Å². The molecule has 0 saturated carbocycles. The molecule has 0 radical (unpaired) electrons. The maximum atomic E-state index is 9.48. The fourth-order valence-electron chi connectivity index (χ4n) is 1.79. The van der Waals surface area contributed by atoms with Crippen molar-refractivity contribution in [1.82, 2.24) is 9.78 Å². The maximum Gasteiger partial charge on any atom is 0.116 e. The molecule has 2 rings (SSSR count). The Balaban J connectivity index is 2.55. The molecule has 3 heteroatoms. The van der Waals surface area contributed by atoms with Crippen LogP contribution in [0.1, 0.15) is 25.6 Å². The van der Waals surface area contributed by atoms with Crippen molar-refractivity contribution < 1.29 is 5.11 Å². The number of phenolic OH excluding ortho intramolecular Hbond substituents is 1. The molecular formula is C13H16N2O. The molecule has 0 atom stereocenters. The molecule has 0 spiro atoms. The standard InChI is InChI=1S/C13H16N2O/c1-9(2)15-13(7-10(3)14-15)11-5-4-6-12(16)8-11/h4-9,16H,1-3H3. The first kappa shape index (κ1) is 10.7. The van der Waals surface area contributed by atoms with Gasteiger partial charge < -0.3 is 5.11 Å². The number of rotatable bonds is 2. The number of hydrogen-bond donors (Lipinski definition) is 1. The molecule has 0 aliphatic rings. The topological polar surface area (TPSA) is 38.0 Å². The number of hydrogen-bond acceptors (Lipinski definition) is 2. The van der Waals surface area contributed by atoms with Crippen molar-refractivity contribution in [2.75, 3.05) is 0 Å². The van der Waals surface area contributed by atoms with Crippen molar-refractivity contribution in [3.05, 3.63) is 36.0 Å². The number of benzene rings is 1. The van der Waals surface area contributed by atoms with Crippen molar-refractivity contribution >= 4 is 0 Å². The van der Waals surface area contributed by atoms with E-state index in [0.29, 0.717) is 6.04 Å². The van der Waals surface area contributed by atoms with Crippen molar-refractivity contribution in [2.45, 2.75) is 26.8 Å². The molecular weight excluding hydrogens is 200 g/mol. The van der Waals surface area contributed by atoms with Gasteiger partial charge >= 0.3 is 0 Å². The van der Waals surface area contributed by atoms with Gasteiger partial charge in [0.2, 0.25) is 0 Å². The second-order valence-electron chi connectivity index (χ2n) is 4.26. The van der Waals surface area contributed by atoms with E-state index in [2.05, 4.69) is 18.9 Å². The van der Waals surface area contributed by atoms with Gasteiger partial charge in [0.1, 0.15) is 5.75 Å². The zero-order valence-corrected chi connectivity index (χ0v) is 9.81. The van der Waals surface area contributed by atoms with Crippen LogP contribution in [0.15, 0.2) is 30.3 Å². The summed E-state index contributed by atoms with van der Waals surface area (Å²) in [5.41, 5.74) is 3.03. The predicted molar refractivity (Wildman–Crippen MR) is 64.4 cm³/mol. The molecule has 1 N–H and O–H groups in total. The van der Waals surface area contributed by atoms with E-state index >= 15 is 0 Å². The Morgan fingerprint density at radius 1 is 1.25 bits per heavy atom. The van der Waals surface area contributed by atoms with Crippen LogP contribution in [0.4, 0.5) is 0 Å². The van der Waals surface area contributed by atoms with Gasteiger partial charge in [0.25, 0.3) is 0 Å². The lowest BCUT2D eigenvalue weighted by molar-refractivity contribution is 0.475. The molecule has 0 amide bonds. The molecule has 0 aliphatic carbocycles. The summed E-state index contributed by atoms with van der Waals surface area (Å²) in [6.45, 7) is 6.17. The number of nitrogens with zero attached hydrogens (tertiary/aromatic N) is 2. The van der Waals surface area contributed by atoms with Gasteiger partial charge in [0, 0.05) is 11.6 Å². The SMILES string of the molecule is Cc1cc(-c2cccc(O)c2)n(C(C)C)n1. The van der Waals surface area contributed by atoms with Crippen molar-refractivity contribution in [3.63, 3.8) is 0 Å². The Hall–Kier alpha value is -1.77. The van der Waals surface area contributed by atoms with Gasteiger partial charge in [-0.05, 0) is 39.0 Å². The highest BCUT2D eigenvalue weighted by Gasteiger charge is 2.10. The second kappa shape index (κ2) is 4.00. The molecule has 1 heterocycles. The van der Waals surface area contributed by atoms with E-state index in [1.165, 1.54) is 0 Å². The van der Waals surface area contributed by atoms with Crippen LogP contribution in [0.3, 0.4) is 0 Å². The van der Waals surface area contributed by atoms with Gasteiger partial charge in [-0.3, -0.25) is 4.68 Å². The number of phenols is 1. The summed E-state index contributed by atoms with van der Waals surface area (Å²) >= 11 is 0. The van der Waals surface area contributed by atoms with E-state index in [9.17, 15) is 5.11 Å². The van der Waals surface area contributed by atoms with E-state index < -0.39 is 0 Å². The number of aryl methyl sites for hydroxylation is 1. The highest BCUT2D eigenvalue weighted by Crippen LogP contribution is 2.26. The highest BCUT2D eigenvalue weighted by atomic mass is 16.3. The Morgan fingerprint density at radius 3 is 2.62 bits per heavy atom. The van der Waals surface area contributed by atoms with E-state index in [1.807, 2.05) is 29.8 Å². The van der Waals surface area contributed by atoms with Gasteiger partial charge in [-0.15, -0.1) is 0 Å². The molecule has 0 bridgehead atoms. The zero-order valence-electron chi connectivity index (χ0n) is 9.81. The van der Waals surface area contributed by atoms with Crippen LogP contribution in [0.5, 0.6) is 5.75 Å². The van der Waals surface area contributed by atoms with E-state index in [4.69, 9.17) is 0 Å². The summed E-state index contributed by atoms with van der Waals surface area (Å²) in [6.07, 6.45) is 0. The Kier molecular flexibility index (Phi) is 2.69. The summed E-state index contributed by atoms with van der Waals surface area (Å²) < 4.78 is 1.98. The molecule has 1 aromatic heterocycles. The first-order valence-corrected chi connectivity index (χ1v) is 5.43. The minimum absolute atomic E-state index is 0.284. The zero-order chi connectivity index (χ0) is 11.7. The van der Waals surface area contributed by atoms with Crippen LogP contribution >= 0.6 is 0 Å². The summed E-state index contributed by atoms with van der Waals surface area (Å²) in [6, 6.07) is 9.61. The fraction of sp³-hybridized carbons (Fsp3) is 0.308. The minimum Gasteiger partial charge on any atom is -0.508 e. The van der Waals surface area contributed by atoms with Gasteiger partial charge in [-0.1, -0.05) is 12.1 Å². The van der Waals surface area contributed by atoms with Gasteiger partial charge in [-0.25, -0.2) is 0 Å². The third kappa shape index (κ3) is 1.94. The molecule has 84 valence electrons. The summed E-state index contributed by atoms with van der Waals surface area (Å²) in [4.78, 5) is 0. The highest BCUT2D eigenvalue weighted by molar-refractivity contribution is 5.62. The van der Waals surface area contributed by atoms with Crippen LogP contribution < -0.4 is 0 Å². The summed E-state index contributed by atoms with van der Waals surface area (Å²) in [5.74, 6) is 0.284. The number of aromatic nitrogens is 2. The quantitative estimate of drug-likeness (QED) is 0.837. The lowest BCUT2D eigenvalue weighted by Gasteiger charge is -2.10. The molecule has 0 fully saturated rings. The molecule has 1 aromatic carbocycles. The third-order valence-corrected chi connectivity index (χ3v) is 2.49. The molecule has 0 aliphatic heterocycles. The van der Waals surface area contributed by atoms with E-state index in [0.717, 1.165) is 17.0 Å². The van der Waals surface area contributed by atoms with Gasteiger partial charge in [0.15, 0.2) is 0 Å². The third-order valence-electron chi connectivity index (χ3n) is 2.49. The van der Waals surface area contributed by atoms with Crippen molar-refractivity contribution in [2.24, 2.45) is 0 Å². The smallest absolute Gasteiger partial charge is 0.116 e. The Morgan fingerprint density at radius 2 is 2.00 bits per heavy atom.